The average Bonchev–Trinajstić information content (AvgIpc) is 2.79. The van der Waals surface area contributed by atoms with Gasteiger partial charge in [0.1, 0.15) is 9.88 Å². The molecule has 118 valence electrons. The summed E-state index contributed by atoms with van der Waals surface area (Å²) < 4.78 is 4.69. The van der Waals surface area contributed by atoms with E-state index in [2.05, 4.69) is 15.4 Å². The molecule has 1 rings (SSSR count). The van der Waals surface area contributed by atoms with E-state index in [0.29, 0.717) is 11.5 Å². The quantitative estimate of drug-likeness (QED) is 0.673. The van der Waals surface area contributed by atoms with Gasteiger partial charge in [0.2, 0.25) is 0 Å². The molecule has 0 radical (unpaired) electrons. The molecule has 0 aliphatic carbocycles. The zero-order valence-electron chi connectivity index (χ0n) is 12.9. The molecule has 0 saturated carbocycles. The number of anilines is 2. The van der Waals surface area contributed by atoms with Gasteiger partial charge in [-0.3, -0.25) is 4.79 Å². The zero-order valence-corrected chi connectivity index (χ0v) is 13.8. The molecule has 8 heteroatoms. The summed E-state index contributed by atoms with van der Waals surface area (Å²) in [4.78, 5) is 25.9. The van der Waals surface area contributed by atoms with Crippen LogP contribution in [0.5, 0.6) is 0 Å². The summed E-state index contributed by atoms with van der Waals surface area (Å²) in [6.07, 6.45) is 0. The summed E-state index contributed by atoms with van der Waals surface area (Å²) in [6, 6.07) is 0.257. The van der Waals surface area contributed by atoms with Crippen LogP contribution < -0.4 is 16.4 Å². The first-order valence-electron chi connectivity index (χ1n) is 6.46. The van der Waals surface area contributed by atoms with Crippen molar-refractivity contribution in [3.8, 4) is 0 Å². The molecule has 7 nitrogen and oxygen atoms in total. The van der Waals surface area contributed by atoms with Crippen molar-refractivity contribution in [1.29, 1.82) is 0 Å². The molecule has 4 N–H and O–H groups in total. The van der Waals surface area contributed by atoms with Crippen LogP contribution in [0.3, 0.4) is 0 Å². The van der Waals surface area contributed by atoms with Gasteiger partial charge < -0.3 is 26.0 Å². The third-order valence-electron chi connectivity index (χ3n) is 3.21. The fraction of sp³-hybridized carbons (Fsp3) is 0.538. The Morgan fingerprint density at radius 1 is 1.43 bits per heavy atom. The van der Waals surface area contributed by atoms with Crippen LogP contribution >= 0.6 is 11.3 Å². The van der Waals surface area contributed by atoms with Gasteiger partial charge in [-0.25, -0.2) is 4.79 Å². The predicted molar refractivity (Wildman–Crippen MR) is 85.1 cm³/mol. The van der Waals surface area contributed by atoms with Crippen molar-refractivity contribution in [3.05, 3.63) is 10.4 Å². The minimum Gasteiger partial charge on any atom is -0.465 e. The number of amides is 1. The lowest BCUT2D eigenvalue weighted by atomic mass is 10.2. The van der Waals surface area contributed by atoms with Gasteiger partial charge in [0.05, 0.1) is 18.4 Å². The Morgan fingerprint density at radius 3 is 2.52 bits per heavy atom. The maximum absolute atomic E-state index is 12.0. The summed E-state index contributed by atoms with van der Waals surface area (Å²) in [7, 11) is 6.73. The number of nitrogens with zero attached hydrogens (tertiary/aromatic N) is 1. The van der Waals surface area contributed by atoms with E-state index in [1.54, 1.807) is 0 Å². The van der Waals surface area contributed by atoms with Crippen LogP contribution in [0, 0.1) is 0 Å². The summed E-state index contributed by atoms with van der Waals surface area (Å²) in [6.45, 7) is 2.67. The number of carbonyl (C=O) groups is 2. The fourth-order valence-electron chi connectivity index (χ4n) is 1.59. The van der Waals surface area contributed by atoms with Crippen LogP contribution in [-0.2, 0) is 4.74 Å². The molecule has 0 fully saturated rings. The van der Waals surface area contributed by atoms with Crippen molar-refractivity contribution in [2.75, 3.05) is 45.8 Å². The molecule has 1 heterocycles. The first kappa shape index (κ1) is 17.3. The van der Waals surface area contributed by atoms with Crippen LogP contribution in [0.2, 0.25) is 0 Å². The third kappa shape index (κ3) is 3.85. The smallest absolute Gasteiger partial charge is 0.350 e. The van der Waals surface area contributed by atoms with E-state index < -0.39 is 5.97 Å². The number of nitrogen functional groups attached to an aromatic ring is 1. The van der Waals surface area contributed by atoms with Gasteiger partial charge in [0.25, 0.3) is 5.91 Å². The lowest BCUT2D eigenvalue weighted by Gasteiger charge is -2.20. The van der Waals surface area contributed by atoms with E-state index in [4.69, 9.17) is 5.73 Å². The first-order chi connectivity index (χ1) is 9.83. The lowest BCUT2D eigenvalue weighted by molar-refractivity contribution is 0.0607. The van der Waals surface area contributed by atoms with Crippen LogP contribution in [0.15, 0.2) is 0 Å². The van der Waals surface area contributed by atoms with E-state index in [1.807, 2.05) is 25.9 Å². The number of methoxy groups -OCH3 is 1. The van der Waals surface area contributed by atoms with Crippen molar-refractivity contribution in [1.82, 2.24) is 10.2 Å². The summed E-state index contributed by atoms with van der Waals surface area (Å²) >= 11 is 1.13. The van der Waals surface area contributed by atoms with Gasteiger partial charge in [-0.15, -0.1) is 11.3 Å². The maximum atomic E-state index is 12.0. The third-order valence-corrected chi connectivity index (χ3v) is 4.35. The normalized spacial score (nSPS) is 12.1. The maximum Gasteiger partial charge on any atom is 0.350 e. The number of nitrogens with one attached hydrogen (secondary N) is 2. The Balaban J connectivity index is 3.11. The molecule has 1 aromatic rings. The van der Waals surface area contributed by atoms with Gasteiger partial charge in [-0.2, -0.15) is 0 Å². The number of ether oxygens (including phenoxy) is 1. The van der Waals surface area contributed by atoms with Crippen molar-refractivity contribution in [3.63, 3.8) is 0 Å². The topological polar surface area (TPSA) is 96.7 Å². The van der Waals surface area contributed by atoms with Crippen LogP contribution in [-0.4, -0.2) is 57.6 Å². The molecule has 1 amide bonds. The molecule has 0 bridgehead atoms. The zero-order chi connectivity index (χ0) is 16.2. The highest BCUT2D eigenvalue weighted by atomic mass is 32.1. The second-order valence-electron chi connectivity index (χ2n) is 4.81. The Labute approximate surface area is 128 Å². The number of hydrogen-bond acceptors (Lipinski definition) is 7. The van der Waals surface area contributed by atoms with Crippen LogP contribution in [0.1, 0.15) is 27.0 Å². The highest BCUT2D eigenvalue weighted by molar-refractivity contribution is 7.19. The standard InChI is InChI=1S/C13H22N4O3S/c1-7(17(3)4)6-16-12-8(11(18)15-2)9(14)10(21-12)13(19)20-5/h7,16H,6,14H2,1-5H3,(H,15,18). The molecule has 1 unspecified atom stereocenters. The molecule has 0 aliphatic heterocycles. The summed E-state index contributed by atoms with van der Waals surface area (Å²) in [5.74, 6) is -0.879. The molecular weight excluding hydrogens is 292 g/mol. The molecule has 0 saturated heterocycles. The van der Waals surface area contributed by atoms with E-state index in [1.165, 1.54) is 14.2 Å². The van der Waals surface area contributed by atoms with E-state index in [9.17, 15) is 9.59 Å². The van der Waals surface area contributed by atoms with Crippen LogP contribution in [0.4, 0.5) is 10.7 Å². The molecular formula is C13H22N4O3S. The monoisotopic (exact) mass is 314 g/mol. The molecule has 21 heavy (non-hydrogen) atoms. The number of likely N-dealkylation sites (N-methyl/N-ethyl adjacent to an activating group) is 1. The largest absolute Gasteiger partial charge is 0.465 e. The first-order valence-corrected chi connectivity index (χ1v) is 7.28. The average molecular weight is 314 g/mol. The Bertz CT molecular complexity index is 528. The van der Waals surface area contributed by atoms with E-state index in [0.717, 1.165) is 11.3 Å². The number of hydrogen-bond donors (Lipinski definition) is 3. The number of nitrogens with two attached hydrogens (primary N) is 1. The Hall–Kier alpha value is -1.80. The highest BCUT2D eigenvalue weighted by Crippen LogP contribution is 2.36. The van der Waals surface area contributed by atoms with Gasteiger partial charge in [-0.05, 0) is 21.0 Å². The van der Waals surface area contributed by atoms with E-state index in [-0.39, 0.29) is 28.1 Å². The molecule has 0 spiro atoms. The molecule has 1 aromatic heterocycles. The van der Waals surface area contributed by atoms with Gasteiger partial charge in [-0.1, -0.05) is 0 Å². The van der Waals surface area contributed by atoms with Gasteiger partial charge in [0, 0.05) is 19.6 Å². The minimum absolute atomic E-state index is 0.145. The minimum atomic E-state index is -0.545. The van der Waals surface area contributed by atoms with Gasteiger partial charge >= 0.3 is 5.97 Å². The molecule has 0 aromatic carbocycles. The second kappa shape index (κ2) is 7.28. The van der Waals surface area contributed by atoms with E-state index >= 15 is 0 Å². The predicted octanol–water partition coefficient (Wildman–Crippen LogP) is 0.839. The number of thiophene rings is 1. The van der Waals surface area contributed by atoms with Gasteiger partial charge in [0.15, 0.2) is 0 Å². The second-order valence-corrected chi connectivity index (χ2v) is 5.83. The SMILES string of the molecule is CNC(=O)c1c(NCC(C)N(C)C)sc(C(=O)OC)c1N. The fourth-order valence-corrected chi connectivity index (χ4v) is 2.63. The molecule has 0 aliphatic rings. The van der Waals surface area contributed by atoms with Crippen molar-refractivity contribution in [2.24, 2.45) is 0 Å². The number of esters is 1. The summed E-state index contributed by atoms with van der Waals surface area (Å²) in [5, 5.41) is 6.28. The number of rotatable bonds is 6. The Morgan fingerprint density at radius 2 is 2.05 bits per heavy atom. The highest BCUT2D eigenvalue weighted by Gasteiger charge is 2.25. The lowest BCUT2D eigenvalue weighted by Crippen LogP contribution is -2.31. The van der Waals surface area contributed by atoms with Crippen LogP contribution in [0.25, 0.3) is 0 Å². The Kier molecular flexibility index (Phi) is 5.98. The number of carbonyl (C=O) groups excluding carboxylic acids is 2. The van der Waals surface area contributed by atoms with Crippen molar-refractivity contribution in [2.45, 2.75) is 13.0 Å². The summed E-state index contributed by atoms with van der Waals surface area (Å²) in [5.41, 5.74) is 6.35. The molecule has 1 atom stereocenters. The van der Waals surface area contributed by atoms with Crippen molar-refractivity contribution >= 4 is 33.9 Å². The van der Waals surface area contributed by atoms with Crippen molar-refractivity contribution < 1.29 is 14.3 Å².